The molecule has 1 saturated heterocycles. The number of benzene rings is 3. The van der Waals surface area contributed by atoms with Crippen molar-refractivity contribution < 1.29 is 18.8 Å². The van der Waals surface area contributed by atoms with E-state index in [1.807, 2.05) is 38.1 Å². The van der Waals surface area contributed by atoms with E-state index in [1.54, 1.807) is 36.4 Å². The number of nitrogens with zero attached hydrogens (tertiary/aromatic N) is 2. The maximum atomic E-state index is 13.4. The molecule has 3 amide bonds. The third-order valence-electron chi connectivity index (χ3n) is 5.62. The molecule has 1 heterocycles. The quantitative estimate of drug-likeness (QED) is 0.563. The number of rotatable bonds is 5. The molecule has 162 valence electrons. The predicted molar refractivity (Wildman–Crippen MR) is 120 cm³/mol. The maximum Gasteiger partial charge on any atom is 0.257 e. The molecule has 3 aromatic carbocycles. The van der Waals surface area contributed by atoms with Gasteiger partial charge in [0.1, 0.15) is 11.9 Å². The number of halogens is 1. The van der Waals surface area contributed by atoms with Crippen LogP contribution in [0.5, 0.6) is 0 Å². The van der Waals surface area contributed by atoms with Gasteiger partial charge < -0.3 is 4.90 Å². The molecule has 0 aromatic heterocycles. The summed E-state index contributed by atoms with van der Waals surface area (Å²) in [6, 6.07) is 19.0. The lowest BCUT2D eigenvalue weighted by Gasteiger charge is -2.28. The van der Waals surface area contributed by atoms with Gasteiger partial charge in [0, 0.05) is 12.1 Å². The molecule has 3 aromatic rings. The van der Waals surface area contributed by atoms with Crippen LogP contribution in [0.15, 0.2) is 72.8 Å². The van der Waals surface area contributed by atoms with Crippen LogP contribution in [0.4, 0.5) is 10.1 Å². The molecule has 4 rings (SSSR count). The predicted octanol–water partition coefficient (Wildman–Crippen LogP) is 4.42. The summed E-state index contributed by atoms with van der Waals surface area (Å²) in [4.78, 5) is 42.1. The first kappa shape index (κ1) is 21.4. The van der Waals surface area contributed by atoms with Crippen LogP contribution >= 0.6 is 0 Å². The summed E-state index contributed by atoms with van der Waals surface area (Å²) in [5.41, 5.74) is 3.59. The first-order valence-electron chi connectivity index (χ1n) is 10.4. The van der Waals surface area contributed by atoms with Gasteiger partial charge in [-0.05, 0) is 55.8 Å². The van der Waals surface area contributed by atoms with Crippen molar-refractivity contribution in [2.75, 3.05) is 4.90 Å². The minimum atomic E-state index is -0.942. The summed E-state index contributed by atoms with van der Waals surface area (Å²) in [6.45, 7) is 3.92. The molecule has 0 radical (unpaired) electrons. The molecule has 32 heavy (non-hydrogen) atoms. The van der Waals surface area contributed by atoms with Crippen LogP contribution in [-0.2, 0) is 16.1 Å². The Hall–Kier alpha value is -3.80. The molecule has 1 atom stereocenters. The average molecular weight is 430 g/mol. The second-order valence-corrected chi connectivity index (χ2v) is 8.05. The maximum absolute atomic E-state index is 13.4. The minimum absolute atomic E-state index is 0.0818. The van der Waals surface area contributed by atoms with E-state index in [0.29, 0.717) is 16.8 Å². The lowest BCUT2D eigenvalue weighted by atomic mass is 10.1. The standard InChI is InChI=1S/C26H23FN2O3/c1-17-3-9-20(10-4-17)25(31)28(16-19-7-11-21(27)12-8-19)23-15-24(30)29(26(23)32)22-13-5-18(2)6-14-22/h3-14,23H,15-16H2,1-2H3. The number of aryl methyl sites for hydroxylation is 2. The second kappa shape index (κ2) is 8.75. The van der Waals surface area contributed by atoms with Gasteiger partial charge in [-0.1, -0.05) is 47.5 Å². The molecular weight excluding hydrogens is 407 g/mol. The first-order valence-corrected chi connectivity index (χ1v) is 10.4. The topological polar surface area (TPSA) is 57.7 Å². The monoisotopic (exact) mass is 430 g/mol. The van der Waals surface area contributed by atoms with E-state index in [0.717, 1.165) is 16.0 Å². The van der Waals surface area contributed by atoms with Crippen molar-refractivity contribution in [3.05, 3.63) is 101 Å². The van der Waals surface area contributed by atoms with Gasteiger partial charge in [0.2, 0.25) is 5.91 Å². The normalized spacial score (nSPS) is 15.8. The largest absolute Gasteiger partial charge is 0.322 e. The summed E-state index contributed by atoms with van der Waals surface area (Å²) in [5, 5.41) is 0. The van der Waals surface area contributed by atoms with Gasteiger partial charge in [-0.2, -0.15) is 0 Å². The van der Waals surface area contributed by atoms with Crippen molar-refractivity contribution in [1.29, 1.82) is 0 Å². The SMILES string of the molecule is Cc1ccc(C(=O)N(Cc2ccc(F)cc2)C2CC(=O)N(c3ccc(C)cc3)C2=O)cc1. The number of hydrogen-bond donors (Lipinski definition) is 0. The lowest BCUT2D eigenvalue weighted by molar-refractivity contribution is -0.122. The van der Waals surface area contributed by atoms with Crippen molar-refractivity contribution in [3.63, 3.8) is 0 Å². The minimum Gasteiger partial charge on any atom is -0.322 e. The molecule has 6 heteroatoms. The Bertz CT molecular complexity index is 1160. The highest BCUT2D eigenvalue weighted by Crippen LogP contribution is 2.28. The summed E-state index contributed by atoms with van der Waals surface area (Å²) in [7, 11) is 0. The number of carbonyl (C=O) groups is 3. The number of amides is 3. The average Bonchev–Trinajstić information content (AvgIpc) is 3.08. The highest BCUT2D eigenvalue weighted by molar-refractivity contribution is 6.23. The van der Waals surface area contributed by atoms with E-state index in [2.05, 4.69) is 0 Å². The van der Waals surface area contributed by atoms with Crippen molar-refractivity contribution in [3.8, 4) is 0 Å². The molecular formula is C26H23FN2O3. The van der Waals surface area contributed by atoms with E-state index in [1.165, 1.54) is 17.0 Å². The van der Waals surface area contributed by atoms with Crippen molar-refractivity contribution in [2.24, 2.45) is 0 Å². The molecule has 0 saturated carbocycles. The Kier molecular flexibility index (Phi) is 5.86. The molecule has 0 N–H and O–H groups in total. The van der Waals surface area contributed by atoms with Crippen LogP contribution in [0.2, 0.25) is 0 Å². The summed E-state index contributed by atoms with van der Waals surface area (Å²) < 4.78 is 13.4. The molecule has 1 aliphatic rings. The zero-order valence-corrected chi connectivity index (χ0v) is 17.9. The number of carbonyl (C=O) groups excluding carboxylic acids is 3. The van der Waals surface area contributed by atoms with Crippen LogP contribution < -0.4 is 4.90 Å². The summed E-state index contributed by atoms with van der Waals surface area (Å²) >= 11 is 0. The molecule has 5 nitrogen and oxygen atoms in total. The number of hydrogen-bond acceptors (Lipinski definition) is 3. The van der Waals surface area contributed by atoms with Crippen LogP contribution in [0.3, 0.4) is 0 Å². The highest BCUT2D eigenvalue weighted by Gasteiger charge is 2.44. The first-order chi connectivity index (χ1) is 15.3. The van der Waals surface area contributed by atoms with Gasteiger partial charge in [0.15, 0.2) is 0 Å². The second-order valence-electron chi connectivity index (χ2n) is 8.05. The Morgan fingerprint density at radius 3 is 2.06 bits per heavy atom. The number of anilines is 1. The zero-order valence-electron chi connectivity index (χ0n) is 17.9. The smallest absolute Gasteiger partial charge is 0.257 e. The van der Waals surface area contributed by atoms with E-state index < -0.39 is 11.9 Å². The van der Waals surface area contributed by atoms with Crippen LogP contribution in [0.25, 0.3) is 0 Å². The van der Waals surface area contributed by atoms with Crippen molar-refractivity contribution >= 4 is 23.4 Å². The Labute approximate surface area is 186 Å². The molecule has 0 spiro atoms. The van der Waals surface area contributed by atoms with Gasteiger partial charge in [-0.3, -0.25) is 14.4 Å². The van der Waals surface area contributed by atoms with Crippen molar-refractivity contribution in [1.82, 2.24) is 4.90 Å². The zero-order chi connectivity index (χ0) is 22.8. The van der Waals surface area contributed by atoms with Gasteiger partial charge in [-0.25, -0.2) is 9.29 Å². The molecule has 1 aliphatic heterocycles. The third-order valence-corrected chi connectivity index (χ3v) is 5.62. The Morgan fingerprint density at radius 1 is 0.906 bits per heavy atom. The Morgan fingerprint density at radius 2 is 1.47 bits per heavy atom. The van der Waals surface area contributed by atoms with Gasteiger partial charge in [0.25, 0.3) is 11.8 Å². The Balaban J connectivity index is 1.68. The highest BCUT2D eigenvalue weighted by atomic mass is 19.1. The summed E-state index contributed by atoms with van der Waals surface area (Å²) in [6.07, 6.45) is -0.106. The van der Waals surface area contributed by atoms with Gasteiger partial charge >= 0.3 is 0 Å². The van der Waals surface area contributed by atoms with Crippen LogP contribution in [0, 0.1) is 19.7 Å². The van der Waals surface area contributed by atoms with Gasteiger partial charge in [0.05, 0.1) is 12.1 Å². The molecule has 1 fully saturated rings. The lowest BCUT2D eigenvalue weighted by Crippen LogP contribution is -2.45. The molecule has 0 aliphatic carbocycles. The van der Waals surface area contributed by atoms with E-state index in [9.17, 15) is 18.8 Å². The van der Waals surface area contributed by atoms with Crippen LogP contribution in [0.1, 0.15) is 33.5 Å². The molecule has 0 bridgehead atoms. The van der Waals surface area contributed by atoms with E-state index in [-0.39, 0.29) is 30.6 Å². The fourth-order valence-electron chi connectivity index (χ4n) is 3.80. The van der Waals surface area contributed by atoms with E-state index in [4.69, 9.17) is 0 Å². The van der Waals surface area contributed by atoms with E-state index >= 15 is 0 Å². The third kappa shape index (κ3) is 4.30. The fraction of sp³-hybridized carbons (Fsp3) is 0.192. The number of imide groups is 1. The van der Waals surface area contributed by atoms with Crippen LogP contribution in [-0.4, -0.2) is 28.7 Å². The summed E-state index contributed by atoms with van der Waals surface area (Å²) in [5.74, 6) is -1.54. The molecule has 1 unspecified atom stereocenters. The van der Waals surface area contributed by atoms with Crippen molar-refractivity contribution in [2.45, 2.75) is 32.9 Å². The fourth-order valence-corrected chi connectivity index (χ4v) is 3.80. The van der Waals surface area contributed by atoms with Gasteiger partial charge in [-0.15, -0.1) is 0 Å².